The predicted octanol–water partition coefficient (Wildman–Crippen LogP) is 7.10. The fraction of sp³-hybridized carbons (Fsp3) is 0.481. The van der Waals surface area contributed by atoms with Gasteiger partial charge in [-0.3, -0.25) is 0 Å². The van der Waals surface area contributed by atoms with Crippen molar-refractivity contribution in [1.29, 1.82) is 0 Å². The number of halogens is 1. The number of fused-ring (bicyclic) bond motifs is 3. The molecule has 0 saturated carbocycles. The molecule has 0 N–H and O–H groups in total. The minimum atomic E-state index is -0.961. The van der Waals surface area contributed by atoms with Crippen LogP contribution in [0.3, 0.4) is 0 Å². The molecule has 3 rings (SSSR count). The number of esters is 2. The maximum absolute atomic E-state index is 13.0. The average molecular weight is 501 g/mol. The van der Waals surface area contributed by atoms with E-state index in [1.807, 2.05) is 31.2 Å². The second-order valence-corrected chi connectivity index (χ2v) is 10.2. The Morgan fingerprint density at radius 3 is 2.53 bits per heavy atom. The first-order valence-electron chi connectivity index (χ1n) is 11.4. The minimum absolute atomic E-state index is 0.302. The molecule has 0 spiro atoms. The SMILES string of the molecule is C/C1=C/CC/C2=C/CC[C@@](C)(OC(=O)c3ccc(Br)cc3)[C@H](/C=C(/C(C)C)CC1)OC2=O. The Kier molecular flexibility index (Phi) is 8.16. The summed E-state index contributed by atoms with van der Waals surface area (Å²) in [5.41, 5.74) is 2.77. The van der Waals surface area contributed by atoms with Crippen LogP contribution in [0.2, 0.25) is 0 Å². The van der Waals surface area contributed by atoms with Crippen molar-refractivity contribution in [3.63, 3.8) is 0 Å². The molecule has 2 bridgehead atoms. The van der Waals surface area contributed by atoms with Gasteiger partial charge in [0, 0.05) is 10.0 Å². The molecule has 1 aromatic rings. The highest BCUT2D eigenvalue weighted by Gasteiger charge is 2.41. The largest absolute Gasteiger partial charge is 0.451 e. The summed E-state index contributed by atoms with van der Waals surface area (Å²) in [6.07, 6.45) is 10.2. The first-order chi connectivity index (χ1) is 15.2. The highest BCUT2D eigenvalue weighted by molar-refractivity contribution is 9.10. The number of hydrogen-bond acceptors (Lipinski definition) is 4. The van der Waals surface area contributed by atoms with Crippen LogP contribution in [0.5, 0.6) is 0 Å². The lowest BCUT2D eigenvalue weighted by atomic mass is 9.86. The van der Waals surface area contributed by atoms with Crippen molar-refractivity contribution in [2.45, 2.75) is 77.9 Å². The second-order valence-electron chi connectivity index (χ2n) is 9.29. The van der Waals surface area contributed by atoms with E-state index in [0.717, 1.165) is 23.7 Å². The summed E-state index contributed by atoms with van der Waals surface area (Å²) < 4.78 is 13.0. The molecule has 0 aliphatic carbocycles. The summed E-state index contributed by atoms with van der Waals surface area (Å²) in [5, 5.41) is 0. The average Bonchev–Trinajstić information content (AvgIpc) is 2.73. The van der Waals surface area contributed by atoms with Crippen LogP contribution in [-0.2, 0) is 14.3 Å². The number of hydrogen-bond donors (Lipinski definition) is 0. The lowest BCUT2D eigenvalue weighted by Crippen LogP contribution is -2.46. The minimum Gasteiger partial charge on any atom is -0.451 e. The van der Waals surface area contributed by atoms with Gasteiger partial charge in [-0.2, -0.15) is 0 Å². The van der Waals surface area contributed by atoms with E-state index in [0.29, 0.717) is 36.3 Å². The van der Waals surface area contributed by atoms with E-state index < -0.39 is 17.7 Å². The van der Waals surface area contributed by atoms with Gasteiger partial charge in [0.25, 0.3) is 0 Å². The molecule has 0 saturated heterocycles. The standard InChI is InChI=1S/C27H33BrO4/c1-18(2)22-11-10-19(3)7-5-8-20-9-6-16-27(4,24(17-22)31-25(20)29)32-26(30)21-12-14-23(28)15-13-21/h7,9,12-15,17-18,24H,5-6,8,10-11,16H2,1-4H3/b19-7-,20-9-,22-17+/t24-,27+/m0/s1. The lowest BCUT2D eigenvalue weighted by molar-refractivity contribution is -0.156. The zero-order chi connectivity index (χ0) is 23.3. The van der Waals surface area contributed by atoms with Crippen LogP contribution in [0.15, 0.2) is 63.7 Å². The van der Waals surface area contributed by atoms with Crippen molar-refractivity contribution in [2.75, 3.05) is 0 Å². The number of rotatable bonds is 3. The van der Waals surface area contributed by atoms with Crippen molar-refractivity contribution in [3.8, 4) is 0 Å². The topological polar surface area (TPSA) is 52.6 Å². The first kappa shape index (κ1) is 24.5. The zero-order valence-electron chi connectivity index (χ0n) is 19.4. The third-order valence-electron chi connectivity index (χ3n) is 6.36. The predicted molar refractivity (Wildman–Crippen MR) is 130 cm³/mol. The van der Waals surface area contributed by atoms with Crippen LogP contribution in [0.4, 0.5) is 0 Å². The Balaban J connectivity index is 1.99. The third-order valence-corrected chi connectivity index (χ3v) is 6.89. The van der Waals surface area contributed by atoms with Gasteiger partial charge in [0.2, 0.25) is 0 Å². The normalized spacial score (nSPS) is 29.6. The van der Waals surface area contributed by atoms with Crippen LogP contribution in [-0.4, -0.2) is 23.6 Å². The molecule has 2 atom stereocenters. The molecule has 172 valence electrons. The van der Waals surface area contributed by atoms with Gasteiger partial charge in [0.1, 0.15) is 0 Å². The first-order valence-corrected chi connectivity index (χ1v) is 12.2. The molecule has 0 amide bonds. The number of carbonyl (C=O) groups excluding carboxylic acids is 2. The number of ether oxygens (including phenoxy) is 2. The molecule has 1 aromatic carbocycles. The number of carbonyl (C=O) groups is 2. The van der Waals surface area contributed by atoms with Crippen molar-refractivity contribution in [3.05, 3.63) is 69.2 Å². The van der Waals surface area contributed by atoms with Crippen LogP contribution >= 0.6 is 15.9 Å². The van der Waals surface area contributed by atoms with Gasteiger partial charge in [-0.1, -0.05) is 53.1 Å². The lowest BCUT2D eigenvalue weighted by Gasteiger charge is -2.37. The summed E-state index contributed by atoms with van der Waals surface area (Å²) >= 11 is 3.39. The third kappa shape index (κ3) is 6.22. The fourth-order valence-corrected chi connectivity index (χ4v) is 4.40. The van der Waals surface area contributed by atoms with Crippen LogP contribution in [0.1, 0.15) is 76.6 Å². The van der Waals surface area contributed by atoms with Gasteiger partial charge in [0.05, 0.1) is 5.56 Å². The van der Waals surface area contributed by atoms with Gasteiger partial charge in [-0.25, -0.2) is 9.59 Å². The van der Waals surface area contributed by atoms with E-state index in [2.05, 4.69) is 42.8 Å². The molecule has 5 heteroatoms. The molecule has 2 aliphatic heterocycles. The molecular weight excluding hydrogens is 468 g/mol. The van der Waals surface area contributed by atoms with Gasteiger partial charge < -0.3 is 9.47 Å². The van der Waals surface area contributed by atoms with E-state index in [9.17, 15) is 9.59 Å². The Hall–Kier alpha value is -2.14. The maximum atomic E-state index is 13.0. The Morgan fingerprint density at radius 2 is 1.84 bits per heavy atom. The van der Waals surface area contributed by atoms with E-state index in [1.165, 1.54) is 11.1 Å². The molecular formula is C27H33BrO4. The second kappa shape index (κ2) is 10.7. The summed E-state index contributed by atoms with van der Waals surface area (Å²) in [5.74, 6) is -0.423. The summed E-state index contributed by atoms with van der Waals surface area (Å²) in [4.78, 5) is 26.0. The van der Waals surface area contributed by atoms with E-state index in [4.69, 9.17) is 9.47 Å². The smallest absolute Gasteiger partial charge is 0.338 e. The summed E-state index contributed by atoms with van der Waals surface area (Å²) in [7, 11) is 0. The summed E-state index contributed by atoms with van der Waals surface area (Å²) in [6, 6.07) is 7.09. The zero-order valence-corrected chi connectivity index (χ0v) is 21.0. The van der Waals surface area contributed by atoms with Gasteiger partial charge in [0.15, 0.2) is 11.7 Å². The highest BCUT2D eigenvalue weighted by Crippen LogP contribution is 2.34. The van der Waals surface area contributed by atoms with Gasteiger partial charge in [-0.05, 0) is 88.6 Å². The van der Waals surface area contributed by atoms with Crippen molar-refractivity contribution >= 4 is 27.9 Å². The molecule has 4 nitrogen and oxygen atoms in total. The summed E-state index contributed by atoms with van der Waals surface area (Å²) in [6.45, 7) is 8.33. The van der Waals surface area contributed by atoms with Crippen molar-refractivity contribution in [1.82, 2.24) is 0 Å². The molecule has 32 heavy (non-hydrogen) atoms. The Bertz CT molecular complexity index is 939. The fourth-order valence-electron chi connectivity index (χ4n) is 4.13. The molecule has 0 aromatic heterocycles. The highest BCUT2D eigenvalue weighted by atomic mass is 79.9. The molecule has 0 unspecified atom stereocenters. The maximum Gasteiger partial charge on any atom is 0.338 e. The van der Waals surface area contributed by atoms with Crippen LogP contribution < -0.4 is 0 Å². The Labute approximate surface area is 199 Å². The van der Waals surface area contributed by atoms with Crippen molar-refractivity contribution < 1.29 is 19.1 Å². The number of benzene rings is 1. The molecule has 0 radical (unpaired) electrons. The molecule has 0 fully saturated rings. The monoisotopic (exact) mass is 500 g/mol. The Morgan fingerprint density at radius 1 is 1.12 bits per heavy atom. The van der Waals surface area contributed by atoms with Crippen LogP contribution in [0, 0.1) is 5.92 Å². The van der Waals surface area contributed by atoms with Crippen LogP contribution in [0.25, 0.3) is 0 Å². The molecule has 2 aliphatic rings. The van der Waals surface area contributed by atoms with E-state index in [-0.39, 0.29) is 5.97 Å². The quantitative estimate of drug-likeness (QED) is 0.328. The molecule has 2 heterocycles. The number of allylic oxidation sites excluding steroid dienone is 4. The van der Waals surface area contributed by atoms with Crippen molar-refractivity contribution in [2.24, 2.45) is 5.92 Å². The van der Waals surface area contributed by atoms with E-state index in [1.54, 1.807) is 12.1 Å². The van der Waals surface area contributed by atoms with E-state index >= 15 is 0 Å². The van der Waals surface area contributed by atoms with Gasteiger partial charge >= 0.3 is 11.9 Å². The van der Waals surface area contributed by atoms with Gasteiger partial charge in [-0.15, -0.1) is 0 Å².